The van der Waals surface area contributed by atoms with Crippen molar-refractivity contribution in [3.05, 3.63) is 226 Å². The highest BCUT2D eigenvalue weighted by Gasteiger charge is 2.62. The molecule has 2 atom stereocenters. The number of aryl methyl sites for hydroxylation is 2. The van der Waals surface area contributed by atoms with Crippen LogP contribution in [0.4, 0.5) is 5.69 Å². The average molecular weight is 1090 g/mol. The maximum atomic E-state index is 6.41. The summed E-state index contributed by atoms with van der Waals surface area (Å²) in [7, 11) is 0. The average Bonchev–Trinajstić information content (AvgIpc) is 1.61. The number of fused-ring (bicyclic) bond motifs is 12. The van der Waals surface area contributed by atoms with Crippen LogP contribution in [-0.2, 0) is 27.3 Å². The number of aromatic nitrogens is 3. The predicted octanol–water partition coefficient (Wildman–Crippen LogP) is 20.8. The van der Waals surface area contributed by atoms with E-state index in [0.29, 0.717) is 0 Å². The predicted molar refractivity (Wildman–Crippen MR) is 354 cm³/mol. The molecule has 5 nitrogen and oxygen atoms in total. The summed E-state index contributed by atoms with van der Waals surface area (Å²) in [5.74, 6) is 1.49. The van der Waals surface area contributed by atoms with Crippen LogP contribution in [0.15, 0.2) is 175 Å². The van der Waals surface area contributed by atoms with E-state index < -0.39 is 11.1 Å². The Balaban J connectivity index is 1.12. The van der Waals surface area contributed by atoms with Gasteiger partial charge in [-0.1, -0.05) is 193 Å². The number of amidine groups is 1. The third kappa shape index (κ3) is 8.22. The fourth-order valence-corrected chi connectivity index (χ4v) is 14.3. The molecule has 11 aromatic rings. The van der Waals surface area contributed by atoms with Gasteiger partial charge in [-0.15, -0.1) is 0 Å². The maximum Gasteiger partial charge on any atom is 0.145 e. The highest BCUT2D eigenvalue weighted by molar-refractivity contribution is 6.16. The van der Waals surface area contributed by atoms with E-state index in [-0.39, 0.29) is 28.1 Å². The molecule has 4 heterocycles. The van der Waals surface area contributed by atoms with E-state index in [4.69, 9.17) is 9.98 Å². The van der Waals surface area contributed by atoms with Gasteiger partial charge in [-0.2, -0.15) is 0 Å². The first-order valence-corrected chi connectivity index (χ1v) is 30.3. The van der Waals surface area contributed by atoms with Gasteiger partial charge >= 0.3 is 0 Å². The van der Waals surface area contributed by atoms with E-state index in [2.05, 4.69) is 296 Å². The van der Waals surface area contributed by atoms with Crippen LogP contribution in [0.1, 0.15) is 171 Å². The first-order valence-electron chi connectivity index (χ1n) is 30.3. The van der Waals surface area contributed by atoms with Crippen LogP contribution in [0.3, 0.4) is 0 Å². The Morgan fingerprint density at radius 2 is 1.14 bits per heavy atom. The number of benzene rings is 8. The zero-order chi connectivity index (χ0) is 58.6. The zero-order valence-electron chi connectivity index (χ0n) is 52.1. The van der Waals surface area contributed by atoms with Gasteiger partial charge in [-0.3, -0.25) is 9.56 Å². The van der Waals surface area contributed by atoms with Crippen LogP contribution in [-0.4, -0.2) is 20.0 Å². The number of hydrogen-bond donors (Lipinski definition) is 0. The fraction of sp³-hybridized carbons (Fsp3) is 0.308. The molecule has 0 bridgehead atoms. The lowest BCUT2D eigenvalue weighted by atomic mass is 9.60. The normalized spacial score (nSPS) is 17.3. The molecular formula is C78H81N5. The summed E-state index contributed by atoms with van der Waals surface area (Å²) in [6.45, 7) is 40.2. The van der Waals surface area contributed by atoms with Gasteiger partial charge in [-0.05, 0) is 189 Å². The molecule has 0 spiro atoms. The van der Waals surface area contributed by atoms with Crippen LogP contribution in [0.25, 0.3) is 77.4 Å². The summed E-state index contributed by atoms with van der Waals surface area (Å²) in [6, 6.07) is 62.7. The lowest BCUT2D eigenvalue weighted by molar-refractivity contribution is 0.292. The molecule has 1 aliphatic heterocycles. The summed E-state index contributed by atoms with van der Waals surface area (Å²) in [4.78, 5) is 14.3. The molecule has 13 rings (SSSR count). The fourth-order valence-electron chi connectivity index (χ4n) is 14.3. The summed E-state index contributed by atoms with van der Waals surface area (Å²) in [6.07, 6.45) is 1.93. The number of para-hydroxylation sites is 1. The Kier molecular flexibility index (Phi) is 12.3. The maximum absolute atomic E-state index is 6.41. The molecule has 0 unspecified atom stereocenters. The van der Waals surface area contributed by atoms with Gasteiger partial charge in [0.25, 0.3) is 0 Å². The van der Waals surface area contributed by atoms with Crippen molar-refractivity contribution >= 4 is 55.3 Å². The number of aliphatic imine (C=N–C) groups is 1. The van der Waals surface area contributed by atoms with Crippen LogP contribution in [0.2, 0.25) is 0 Å². The van der Waals surface area contributed by atoms with Crippen LogP contribution < -0.4 is 4.90 Å². The topological polar surface area (TPSA) is 38.4 Å². The summed E-state index contributed by atoms with van der Waals surface area (Å²) in [5, 5.41) is 4.79. The second kappa shape index (κ2) is 18.7. The van der Waals surface area contributed by atoms with Gasteiger partial charge in [0.15, 0.2) is 0 Å². The van der Waals surface area contributed by atoms with Gasteiger partial charge < -0.3 is 9.47 Å². The van der Waals surface area contributed by atoms with Gasteiger partial charge in [0.1, 0.15) is 17.0 Å². The van der Waals surface area contributed by atoms with Crippen molar-refractivity contribution in [3.63, 3.8) is 0 Å². The molecule has 2 aliphatic rings. The molecule has 0 saturated carbocycles. The van der Waals surface area contributed by atoms with Crippen LogP contribution in [0.5, 0.6) is 0 Å². The first kappa shape index (κ1) is 54.2. The Labute approximate surface area is 492 Å². The molecular weight excluding hydrogens is 1010 g/mol. The first-order chi connectivity index (χ1) is 39.3. The Morgan fingerprint density at radius 1 is 0.482 bits per heavy atom. The van der Waals surface area contributed by atoms with E-state index >= 15 is 0 Å². The second-order valence-electron chi connectivity index (χ2n) is 28.3. The molecule has 418 valence electrons. The minimum atomic E-state index is -0.719. The van der Waals surface area contributed by atoms with Crippen molar-refractivity contribution in [1.82, 2.24) is 14.1 Å². The molecule has 1 aliphatic carbocycles. The molecule has 8 aromatic carbocycles. The summed E-state index contributed by atoms with van der Waals surface area (Å²) >= 11 is 0. The number of pyridine rings is 1. The largest absolute Gasteiger partial charge is 0.313 e. The van der Waals surface area contributed by atoms with E-state index in [1.807, 2.05) is 6.20 Å². The van der Waals surface area contributed by atoms with E-state index in [1.54, 1.807) is 0 Å². The molecule has 0 radical (unpaired) electrons. The van der Waals surface area contributed by atoms with Crippen molar-refractivity contribution in [2.45, 2.75) is 157 Å². The Bertz CT molecular complexity index is 4470. The molecule has 83 heavy (non-hydrogen) atoms. The van der Waals surface area contributed by atoms with Crippen LogP contribution in [0, 0.1) is 13.8 Å². The quantitative estimate of drug-likeness (QED) is 0.160. The number of rotatable bonds is 7. The monoisotopic (exact) mass is 1090 g/mol. The molecule has 0 amide bonds. The van der Waals surface area contributed by atoms with E-state index in [0.717, 1.165) is 44.8 Å². The van der Waals surface area contributed by atoms with Gasteiger partial charge in [0.2, 0.25) is 0 Å². The molecule has 5 heteroatoms. The lowest BCUT2D eigenvalue weighted by Gasteiger charge is -2.52. The van der Waals surface area contributed by atoms with Crippen molar-refractivity contribution in [1.29, 1.82) is 0 Å². The standard InChI is InChI=1S/C78H81N5/c1-46(2)56-26-21-27-57(47(3)4)71(56)83-72(80-77(16)63-34-33-53(74(7,8)9)44-62(63)70-64(76(13,14)15)29-22-30-65(70)78(77,83)17)52-40-54(75(10,11)12)43-55(41-52)81-66-35-31-48(5)38-59(66)60-39-49(6)68(45-69(60)81)82-67-36-32-51(50-24-19-18-20-25-50)42-61(67)58-28-23-37-79-73(58)82/h18-47H,1-17H3/t77-,78+/m1/s1. The van der Waals surface area contributed by atoms with Crippen molar-refractivity contribution in [2.75, 3.05) is 4.90 Å². The third-order valence-electron chi connectivity index (χ3n) is 19.0. The molecule has 0 saturated heterocycles. The van der Waals surface area contributed by atoms with Crippen LogP contribution >= 0.6 is 0 Å². The Morgan fingerprint density at radius 3 is 1.83 bits per heavy atom. The van der Waals surface area contributed by atoms with E-state index in [9.17, 15) is 0 Å². The molecule has 0 N–H and O–H groups in total. The SMILES string of the molecule is Cc1ccc2c(c1)c1cc(C)c(-n3c4ccc(-c5ccccc5)cc4c4cccnc43)cc1n2-c1cc(C2=N[C@]3(C)c4ccc(C(C)(C)C)cc4-c4c(C(C)(C)C)cccc4[C@]3(C)N2c2c(C(C)C)cccc2C(C)C)cc(C(C)(C)C)c1. The Hall–Kier alpha value is -8.02. The van der Waals surface area contributed by atoms with Crippen molar-refractivity contribution in [3.8, 4) is 33.6 Å². The summed E-state index contributed by atoms with van der Waals surface area (Å²) in [5.41, 5.74) is 23.9. The zero-order valence-corrected chi connectivity index (χ0v) is 52.1. The molecule has 3 aromatic heterocycles. The van der Waals surface area contributed by atoms with Gasteiger partial charge in [-0.25, -0.2) is 4.98 Å². The van der Waals surface area contributed by atoms with Crippen molar-refractivity contribution < 1.29 is 0 Å². The number of nitrogens with zero attached hydrogens (tertiary/aromatic N) is 5. The smallest absolute Gasteiger partial charge is 0.145 e. The van der Waals surface area contributed by atoms with E-state index in [1.165, 1.54) is 99.7 Å². The summed E-state index contributed by atoms with van der Waals surface area (Å²) < 4.78 is 4.95. The van der Waals surface area contributed by atoms with Crippen molar-refractivity contribution in [2.24, 2.45) is 4.99 Å². The number of hydrogen-bond acceptors (Lipinski definition) is 3. The van der Waals surface area contributed by atoms with Gasteiger partial charge in [0, 0.05) is 39.0 Å². The molecule has 0 fully saturated rings. The minimum absolute atomic E-state index is 0.0479. The second-order valence-corrected chi connectivity index (χ2v) is 28.3. The van der Waals surface area contributed by atoms with Gasteiger partial charge in [0.05, 0.1) is 33.5 Å². The minimum Gasteiger partial charge on any atom is -0.313 e. The highest BCUT2D eigenvalue weighted by atomic mass is 15.4. The number of anilines is 1. The highest BCUT2D eigenvalue weighted by Crippen LogP contribution is 2.63. The third-order valence-corrected chi connectivity index (χ3v) is 19.0. The lowest BCUT2D eigenvalue weighted by Crippen LogP contribution is -2.55.